The highest BCUT2D eigenvalue weighted by Crippen LogP contribution is 2.62. The van der Waals surface area contributed by atoms with Crippen molar-refractivity contribution in [3.05, 3.63) is 35.5 Å². The molecule has 5 aliphatic rings. The standard InChI is InChI=1S/C19H23N3O3/c1-20-16(23)19(21(2)17(20)24)12-18-9-5-3-7-13(18)11-22-10-6-4-8-14(22)15(18)25-19/h6,10-11H,3-5,7-9,12H2,1-2H3. The molecule has 0 aromatic carbocycles. The minimum absolute atomic E-state index is 0.218. The molecule has 0 bridgehead atoms. The summed E-state index contributed by atoms with van der Waals surface area (Å²) in [6.07, 6.45) is 13.3. The third-order valence-electron chi connectivity index (χ3n) is 6.60. The maximum absolute atomic E-state index is 13.0. The number of carbonyl (C=O) groups is 2. The number of imide groups is 1. The summed E-state index contributed by atoms with van der Waals surface area (Å²) in [6, 6.07) is -0.285. The van der Waals surface area contributed by atoms with Gasteiger partial charge < -0.3 is 9.64 Å². The Balaban J connectivity index is 1.70. The van der Waals surface area contributed by atoms with Gasteiger partial charge in [-0.3, -0.25) is 14.6 Å². The molecular weight excluding hydrogens is 318 g/mol. The molecule has 2 saturated heterocycles. The largest absolute Gasteiger partial charge is 0.460 e. The highest BCUT2D eigenvalue weighted by Gasteiger charge is 2.68. The van der Waals surface area contributed by atoms with Crippen LogP contribution in [-0.2, 0) is 9.53 Å². The lowest BCUT2D eigenvalue weighted by Crippen LogP contribution is -2.48. The normalized spacial score (nSPS) is 36.6. The van der Waals surface area contributed by atoms with Crippen molar-refractivity contribution in [2.45, 2.75) is 50.7 Å². The van der Waals surface area contributed by atoms with Crippen molar-refractivity contribution in [2.75, 3.05) is 14.1 Å². The van der Waals surface area contributed by atoms with E-state index in [1.165, 1.54) is 21.8 Å². The van der Waals surface area contributed by atoms with E-state index in [2.05, 4.69) is 23.4 Å². The molecule has 25 heavy (non-hydrogen) atoms. The first-order chi connectivity index (χ1) is 12.0. The Morgan fingerprint density at radius 3 is 2.76 bits per heavy atom. The zero-order valence-electron chi connectivity index (χ0n) is 14.7. The maximum Gasteiger partial charge on any atom is 0.329 e. The van der Waals surface area contributed by atoms with Gasteiger partial charge in [-0.25, -0.2) is 4.79 Å². The van der Waals surface area contributed by atoms with E-state index < -0.39 is 5.72 Å². The average Bonchev–Trinajstić information content (AvgIpc) is 3.06. The molecule has 6 nitrogen and oxygen atoms in total. The van der Waals surface area contributed by atoms with Crippen LogP contribution in [0.25, 0.3) is 0 Å². The second kappa shape index (κ2) is 4.68. The molecule has 6 heteroatoms. The molecule has 1 aliphatic carbocycles. The van der Waals surface area contributed by atoms with Crippen LogP contribution in [0.5, 0.6) is 0 Å². The Labute approximate surface area is 147 Å². The van der Waals surface area contributed by atoms with Crippen LogP contribution in [-0.4, -0.2) is 46.5 Å². The first-order valence-corrected chi connectivity index (χ1v) is 9.14. The van der Waals surface area contributed by atoms with Crippen molar-refractivity contribution in [3.63, 3.8) is 0 Å². The number of hydrogen-bond donors (Lipinski definition) is 0. The van der Waals surface area contributed by atoms with Crippen LogP contribution in [0.4, 0.5) is 4.79 Å². The van der Waals surface area contributed by atoms with Crippen LogP contribution < -0.4 is 0 Å². The Bertz CT molecular complexity index is 783. The Hall–Kier alpha value is -2.24. The molecule has 2 atom stereocenters. The van der Waals surface area contributed by atoms with E-state index in [1.807, 2.05) is 0 Å². The van der Waals surface area contributed by atoms with Gasteiger partial charge in [0, 0.05) is 32.9 Å². The lowest BCUT2D eigenvalue weighted by atomic mass is 9.65. The van der Waals surface area contributed by atoms with E-state index in [9.17, 15) is 9.59 Å². The number of ether oxygens (including phenoxy) is 1. The second-order valence-electron chi connectivity index (χ2n) is 7.82. The predicted octanol–water partition coefficient (Wildman–Crippen LogP) is 2.91. The fourth-order valence-electron chi connectivity index (χ4n) is 5.24. The van der Waals surface area contributed by atoms with Crippen LogP contribution in [0.15, 0.2) is 35.5 Å². The van der Waals surface area contributed by atoms with Crippen molar-refractivity contribution >= 4 is 11.9 Å². The summed E-state index contributed by atoms with van der Waals surface area (Å²) in [6.45, 7) is 0. The van der Waals surface area contributed by atoms with Gasteiger partial charge in [0.25, 0.3) is 11.6 Å². The third-order valence-corrected chi connectivity index (χ3v) is 6.60. The van der Waals surface area contributed by atoms with E-state index >= 15 is 0 Å². The van der Waals surface area contributed by atoms with Gasteiger partial charge in [0.05, 0.1) is 11.1 Å². The molecule has 4 aliphatic heterocycles. The SMILES string of the molecule is CN1C(=O)N(C)C2(CC34CCCCC3=CN3C=CCCC3=C4O2)C1=O. The maximum atomic E-state index is 13.0. The number of nitrogens with zero attached hydrogens (tertiary/aromatic N) is 3. The van der Waals surface area contributed by atoms with Gasteiger partial charge in [0.2, 0.25) is 0 Å². The molecule has 2 spiro atoms. The van der Waals surface area contributed by atoms with Gasteiger partial charge >= 0.3 is 6.03 Å². The Morgan fingerprint density at radius 1 is 1.16 bits per heavy atom. The molecule has 5 rings (SSSR count). The van der Waals surface area contributed by atoms with Gasteiger partial charge in [-0.05, 0) is 37.7 Å². The first kappa shape index (κ1) is 15.0. The summed E-state index contributed by atoms with van der Waals surface area (Å²) in [5, 5.41) is 0. The van der Waals surface area contributed by atoms with Crippen LogP contribution in [0.1, 0.15) is 44.9 Å². The molecule has 3 fully saturated rings. The van der Waals surface area contributed by atoms with Crippen molar-refractivity contribution in [1.82, 2.24) is 14.7 Å². The van der Waals surface area contributed by atoms with Crippen molar-refractivity contribution in [2.24, 2.45) is 5.41 Å². The molecular formula is C19H23N3O3. The third kappa shape index (κ3) is 1.65. The van der Waals surface area contributed by atoms with Crippen LogP contribution in [0, 0.1) is 5.41 Å². The number of amides is 3. The van der Waals surface area contributed by atoms with E-state index in [1.54, 1.807) is 14.1 Å². The van der Waals surface area contributed by atoms with Gasteiger partial charge in [-0.15, -0.1) is 0 Å². The van der Waals surface area contributed by atoms with Crippen LogP contribution >= 0.6 is 0 Å². The number of carbonyl (C=O) groups excluding carboxylic acids is 2. The Kier molecular flexibility index (Phi) is 2.82. The molecule has 2 unspecified atom stereocenters. The molecule has 3 amide bonds. The van der Waals surface area contributed by atoms with Crippen molar-refractivity contribution < 1.29 is 14.3 Å². The topological polar surface area (TPSA) is 53.1 Å². The number of rotatable bonds is 0. The zero-order valence-corrected chi connectivity index (χ0v) is 14.7. The van der Waals surface area contributed by atoms with Crippen LogP contribution in [0.2, 0.25) is 0 Å². The number of allylic oxidation sites excluding steroid dienone is 3. The summed E-state index contributed by atoms with van der Waals surface area (Å²) >= 11 is 0. The summed E-state index contributed by atoms with van der Waals surface area (Å²) in [5.74, 6) is 0.706. The zero-order chi connectivity index (χ0) is 17.4. The summed E-state index contributed by atoms with van der Waals surface area (Å²) < 4.78 is 6.49. The quantitative estimate of drug-likeness (QED) is 0.636. The molecule has 0 aromatic rings. The summed E-state index contributed by atoms with van der Waals surface area (Å²) in [4.78, 5) is 30.3. The van der Waals surface area contributed by atoms with E-state index in [-0.39, 0.29) is 17.4 Å². The summed E-state index contributed by atoms with van der Waals surface area (Å²) in [5.41, 5.74) is 1.12. The van der Waals surface area contributed by atoms with E-state index in [0.29, 0.717) is 6.42 Å². The summed E-state index contributed by atoms with van der Waals surface area (Å²) in [7, 11) is 3.23. The monoisotopic (exact) mass is 341 g/mol. The van der Waals surface area contributed by atoms with Crippen molar-refractivity contribution in [1.29, 1.82) is 0 Å². The number of urea groups is 1. The molecule has 4 heterocycles. The first-order valence-electron chi connectivity index (χ1n) is 9.14. The molecule has 0 aromatic heterocycles. The van der Waals surface area contributed by atoms with E-state index in [4.69, 9.17) is 4.74 Å². The molecule has 0 radical (unpaired) electrons. The lowest BCUT2D eigenvalue weighted by Gasteiger charge is -2.42. The minimum Gasteiger partial charge on any atom is -0.460 e. The average molecular weight is 341 g/mol. The number of hydrogen-bond acceptors (Lipinski definition) is 4. The van der Waals surface area contributed by atoms with Gasteiger partial charge in [-0.2, -0.15) is 0 Å². The number of likely N-dealkylation sites (N-methyl/N-ethyl adjacent to an activating group) is 2. The fourth-order valence-corrected chi connectivity index (χ4v) is 5.24. The van der Waals surface area contributed by atoms with Gasteiger partial charge in [0.15, 0.2) is 0 Å². The highest BCUT2D eigenvalue weighted by molar-refractivity contribution is 6.06. The molecule has 132 valence electrons. The van der Waals surface area contributed by atoms with E-state index in [0.717, 1.165) is 43.6 Å². The molecule has 1 saturated carbocycles. The molecule has 0 N–H and O–H groups in total. The predicted molar refractivity (Wildman–Crippen MR) is 90.6 cm³/mol. The minimum atomic E-state index is -1.18. The Morgan fingerprint density at radius 2 is 2.00 bits per heavy atom. The van der Waals surface area contributed by atoms with Crippen molar-refractivity contribution in [3.8, 4) is 0 Å². The number of fused-ring (bicyclic) bond motifs is 1. The highest BCUT2D eigenvalue weighted by atomic mass is 16.5. The second-order valence-corrected chi connectivity index (χ2v) is 7.82. The lowest BCUT2D eigenvalue weighted by molar-refractivity contribution is -0.149. The van der Waals surface area contributed by atoms with Gasteiger partial charge in [0.1, 0.15) is 5.76 Å². The fraction of sp³-hybridized carbons (Fsp3) is 0.579. The van der Waals surface area contributed by atoms with Gasteiger partial charge in [-0.1, -0.05) is 12.5 Å². The smallest absolute Gasteiger partial charge is 0.329 e. The van der Waals surface area contributed by atoms with Crippen LogP contribution in [0.3, 0.4) is 0 Å².